The molecule has 2 aromatic carbocycles. The van der Waals surface area contributed by atoms with Crippen LogP contribution in [-0.4, -0.2) is 77.0 Å². The number of carbonyl (C=O) groups excluding carboxylic acids is 2. The van der Waals surface area contributed by atoms with Crippen molar-refractivity contribution in [2.24, 2.45) is 0 Å². The number of amides is 2. The highest BCUT2D eigenvalue weighted by Crippen LogP contribution is 2.40. The third-order valence-corrected chi connectivity index (χ3v) is 10.9. The number of alkyl halides is 3. The van der Waals surface area contributed by atoms with Crippen LogP contribution in [0.15, 0.2) is 77.5 Å². The highest BCUT2D eigenvalue weighted by Gasteiger charge is 2.38. The molecule has 18 heteroatoms. The molecule has 2 aliphatic rings. The molecule has 2 fully saturated rings. The second-order valence-electron chi connectivity index (χ2n) is 13.4. The molecule has 0 atom stereocenters. The minimum atomic E-state index is -4.63. The van der Waals surface area contributed by atoms with Crippen molar-refractivity contribution in [3.8, 4) is 6.07 Å². The van der Waals surface area contributed by atoms with Crippen molar-refractivity contribution in [3.05, 3.63) is 128 Å². The predicted molar refractivity (Wildman–Crippen MR) is 197 cm³/mol. The Morgan fingerprint density at radius 1 is 0.732 bits per heavy atom. The van der Waals surface area contributed by atoms with Crippen LogP contribution in [0.2, 0.25) is 5.02 Å². The summed E-state index contributed by atoms with van der Waals surface area (Å²) in [6.45, 7) is 1.45. The van der Waals surface area contributed by atoms with Crippen molar-refractivity contribution in [3.63, 3.8) is 0 Å². The SMILES string of the molecule is N#Cc1ccc2nnc(C(=O)N3CCC(c4cccc(F)c4Cl)CC3)n2c1.O=C(c1nnc2ccc(Br)cn12)N1CCC(c2c(F)cccc2C(F)(F)F)CC1. The fourth-order valence-electron chi connectivity index (χ4n) is 7.20. The number of pyridine rings is 2. The molecule has 2 saturated heterocycles. The molecule has 4 aromatic heterocycles. The number of carbonyl (C=O) groups is 2. The Bertz CT molecular complexity index is 2490. The van der Waals surface area contributed by atoms with Crippen LogP contribution in [0.1, 0.15) is 81.0 Å². The van der Waals surface area contributed by atoms with Gasteiger partial charge in [0.25, 0.3) is 11.8 Å². The minimum absolute atomic E-state index is 0.109. The summed E-state index contributed by atoms with van der Waals surface area (Å²) in [7, 11) is 0. The molecule has 0 N–H and O–H groups in total. The van der Waals surface area contributed by atoms with Gasteiger partial charge in [0.2, 0.25) is 11.6 Å². The minimum Gasteiger partial charge on any atom is -0.336 e. The normalized spacial score (nSPS) is 15.5. The molecule has 11 nitrogen and oxygen atoms in total. The number of hydrogen-bond acceptors (Lipinski definition) is 7. The lowest BCUT2D eigenvalue weighted by Crippen LogP contribution is -2.39. The molecule has 0 radical (unpaired) electrons. The van der Waals surface area contributed by atoms with Gasteiger partial charge in [0.15, 0.2) is 11.3 Å². The monoisotopic (exact) mass is 853 g/mol. The van der Waals surface area contributed by atoms with Crippen LogP contribution < -0.4 is 0 Å². The van der Waals surface area contributed by atoms with Crippen LogP contribution in [0, 0.1) is 23.0 Å². The Morgan fingerprint density at radius 3 is 1.86 bits per heavy atom. The number of hydrogen-bond donors (Lipinski definition) is 0. The molecule has 0 saturated carbocycles. The third-order valence-electron chi connectivity index (χ3n) is 10.0. The van der Waals surface area contributed by atoms with Gasteiger partial charge in [-0.1, -0.05) is 29.8 Å². The van der Waals surface area contributed by atoms with Crippen molar-refractivity contribution in [2.45, 2.75) is 43.7 Å². The largest absolute Gasteiger partial charge is 0.416 e. The van der Waals surface area contributed by atoms with Crippen molar-refractivity contribution in [1.29, 1.82) is 5.26 Å². The summed E-state index contributed by atoms with van der Waals surface area (Å²) in [5.74, 6) is -2.07. The van der Waals surface area contributed by atoms with Crippen molar-refractivity contribution < 1.29 is 31.5 Å². The topological polar surface area (TPSA) is 125 Å². The maximum absolute atomic E-state index is 14.2. The lowest BCUT2D eigenvalue weighted by atomic mass is 9.85. The average molecular weight is 855 g/mol. The van der Waals surface area contributed by atoms with E-state index in [1.54, 1.807) is 52.0 Å². The molecule has 56 heavy (non-hydrogen) atoms. The quantitative estimate of drug-likeness (QED) is 0.164. The third kappa shape index (κ3) is 7.80. The molecule has 2 amide bonds. The Labute approximate surface area is 329 Å². The van der Waals surface area contributed by atoms with Crippen molar-refractivity contribution in [1.82, 2.24) is 39.0 Å². The standard InChI is InChI=1S/C19H15BrF4N4O.C19H15ClFN5O/c20-12-4-5-15-25-26-17(28(15)10-12)18(29)27-8-6-11(7-9-27)16-13(19(22,23)24)2-1-3-14(16)21;20-17-14(2-1-3-15(17)21)13-6-8-25(9-7-13)19(27)18-24-23-16-5-4-12(10-22)11-26(16)18/h1-5,10-11H,6-9H2;1-5,11,13H,6-9H2. The van der Waals surface area contributed by atoms with Gasteiger partial charge < -0.3 is 9.80 Å². The van der Waals surface area contributed by atoms with E-state index in [-0.39, 0.29) is 65.9 Å². The fourth-order valence-corrected chi connectivity index (χ4v) is 7.81. The first kappa shape index (κ1) is 38.8. The van der Waals surface area contributed by atoms with E-state index in [0.29, 0.717) is 42.8 Å². The zero-order chi connectivity index (χ0) is 39.7. The van der Waals surface area contributed by atoms with Crippen molar-refractivity contribution in [2.75, 3.05) is 26.2 Å². The Hall–Kier alpha value is -5.47. The van der Waals surface area contributed by atoms with E-state index < -0.39 is 29.3 Å². The number of halogens is 7. The van der Waals surface area contributed by atoms with E-state index in [2.05, 4.69) is 36.3 Å². The zero-order valence-electron chi connectivity index (χ0n) is 29.2. The molecule has 0 aliphatic carbocycles. The summed E-state index contributed by atoms with van der Waals surface area (Å²) in [5.41, 5.74) is 0.970. The molecular weight excluding hydrogens is 825 g/mol. The summed E-state index contributed by atoms with van der Waals surface area (Å²) in [6, 6.07) is 16.7. The number of benzene rings is 2. The fraction of sp³-hybridized carbons (Fsp3) is 0.289. The Morgan fingerprint density at radius 2 is 1.27 bits per heavy atom. The number of likely N-dealkylation sites (tertiary alicyclic amines) is 2. The first-order valence-electron chi connectivity index (χ1n) is 17.5. The van der Waals surface area contributed by atoms with Crippen LogP contribution >= 0.6 is 27.5 Å². The van der Waals surface area contributed by atoms with E-state index in [0.717, 1.165) is 28.2 Å². The van der Waals surface area contributed by atoms with E-state index in [1.807, 2.05) is 12.1 Å². The molecule has 0 unspecified atom stereocenters. The van der Waals surface area contributed by atoms with E-state index in [4.69, 9.17) is 16.9 Å². The first-order valence-corrected chi connectivity index (χ1v) is 18.6. The van der Waals surface area contributed by atoms with Gasteiger partial charge in [-0.15, -0.1) is 20.4 Å². The van der Waals surface area contributed by atoms with Gasteiger partial charge in [0, 0.05) is 48.6 Å². The predicted octanol–water partition coefficient (Wildman–Crippen LogP) is 8.08. The maximum Gasteiger partial charge on any atom is 0.416 e. The van der Waals surface area contributed by atoms with Gasteiger partial charge in [-0.2, -0.15) is 18.4 Å². The van der Waals surface area contributed by atoms with Gasteiger partial charge in [0.1, 0.15) is 17.7 Å². The van der Waals surface area contributed by atoms with Gasteiger partial charge >= 0.3 is 6.18 Å². The molecule has 0 bridgehead atoms. The highest BCUT2D eigenvalue weighted by molar-refractivity contribution is 9.10. The van der Waals surface area contributed by atoms with E-state index in [9.17, 15) is 31.5 Å². The lowest BCUT2D eigenvalue weighted by Gasteiger charge is -2.33. The maximum atomic E-state index is 14.2. The van der Waals surface area contributed by atoms with Crippen molar-refractivity contribution >= 4 is 50.6 Å². The van der Waals surface area contributed by atoms with Crippen LogP contribution in [0.5, 0.6) is 0 Å². The Kier molecular flexibility index (Phi) is 11.0. The molecule has 0 spiro atoms. The summed E-state index contributed by atoms with van der Waals surface area (Å²) < 4.78 is 71.7. The second kappa shape index (κ2) is 15.9. The zero-order valence-corrected chi connectivity index (χ0v) is 31.6. The first-order chi connectivity index (χ1) is 26.8. The van der Waals surface area contributed by atoms with Gasteiger partial charge in [-0.25, -0.2) is 8.78 Å². The summed E-state index contributed by atoms with van der Waals surface area (Å²) >= 11 is 9.43. The molecule has 2 aliphatic heterocycles. The number of fused-ring (bicyclic) bond motifs is 2. The van der Waals surface area contributed by atoms with Gasteiger partial charge in [-0.05, 0) is 101 Å². The smallest absolute Gasteiger partial charge is 0.336 e. The number of piperidine rings is 2. The Balaban J connectivity index is 0.000000172. The summed E-state index contributed by atoms with van der Waals surface area (Å²) in [4.78, 5) is 29.0. The lowest BCUT2D eigenvalue weighted by molar-refractivity contribution is -0.138. The molecule has 288 valence electrons. The summed E-state index contributed by atoms with van der Waals surface area (Å²) in [6.07, 6.45) is 0.445. The number of aromatic nitrogens is 6. The molecule has 6 aromatic rings. The number of nitrogens with zero attached hydrogens (tertiary/aromatic N) is 9. The molecule has 8 rings (SSSR count). The van der Waals surface area contributed by atoms with Gasteiger partial charge in [-0.3, -0.25) is 18.4 Å². The van der Waals surface area contributed by atoms with Crippen LogP contribution in [-0.2, 0) is 6.18 Å². The van der Waals surface area contributed by atoms with Crippen LogP contribution in [0.4, 0.5) is 22.0 Å². The van der Waals surface area contributed by atoms with Crippen LogP contribution in [0.25, 0.3) is 11.3 Å². The molecule has 6 heterocycles. The number of nitriles is 1. The van der Waals surface area contributed by atoms with Crippen LogP contribution in [0.3, 0.4) is 0 Å². The summed E-state index contributed by atoms with van der Waals surface area (Å²) in [5, 5.41) is 25.1. The highest BCUT2D eigenvalue weighted by atomic mass is 79.9. The second-order valence-corrected chi connectivity index (χ2v) is 14.6. The average Bonchev–Trinajstić information content (AvgIpc) is 3.82. The molecular formula is C38H30BrClF5N9O2. The number of rotatable bonds is 4. The van der Waals surface area contributed by atoms with E-state index in [1.165, 1.54) is 15.4 Å². The van der Waals surface area contributed by atoms with Gasteiger partial charge in [0.05, 0.1) is 16.1 Å². The van der Waals surface area contributed by atoms with E-state index >= 15 is 0 Å².